The zero-order valence-electron chi connectivity index (χ0n) is 17.7. The van der Waals surface area contributed by atoms with Crippen LogP contribution in [-0.4, -0.2) is 36.1 Å². The van der Waals surface area contributed by atoms with E-state index in [2.05, 4.69) is 65.9 Å². The van der Waals surface area contributed by atoms with E-state index in [1.807, 2.05) is 26.1 Å². The summed E-state index contributed by atoms with van der Waals surface area (Å²) in [5.74, 6) is 0.0103. The first-order chi connectivity index (χ1) is 13.8. The molecule has 29 heavy (non-hydrogen) atoms. The fourth-order valence-corrected chi connectivity index (χ4v) is 4.60. The third-order valence-electron chi connectivity index (χ3n) is 5.88. The van der Waals surface area contributed by atoms with Crippen molar-refractivity contribution in [3.8, 4) is 0 Å². The van der Waals surface area contributed by atoms with Crippen LogP contribution in [0.25, 0.3) is 0 Å². The molecule has 3 aliphatic heterocycles. The number of rotatable bonds is 4. The molecule has 0 spiro atoms. The molecule has 5 nitrogen and oxygen atoms in total. The number of nitrogens with one attached hydrogen (secondary N) is 2. The van der Waals surface area contributed by atoms with Crippen LogP contribution >= 0.6 is 0 Å². The molecule has 0 amide bonds. The molecule has 0 aliphatic carbocycles. The van der Waals surface area contributed by atoms with Crippen molar-refractivity contribution < 1.29 is 9.53 Å². The van der Waals surface area contributed by atoms with Gasteiger partial charge in [0.05, 0.1) is 23.4 Å². The number of benzene rings is 1. The quantitative estimate of drug-likeness (QED) is 0.769. The lowest BCUT2D eigenvalue weighted by Crippen LogP contribution is -2.43. The molecule has 2 unspecified atom stereocenters. The predicted molar refractivity (Wildman–Crippen MR) is 115 cm³/mol. The van der Waals surface area contributed by atoms with Gasteiger partial charge in [-0.1, -0.05) is 50.3 Å². The number of fused-ring (bicyclic) bond motifs is 2. The summed E-state index contributed by atoms with van der Waals surface area (Å²) in [6.45, 7) is 10.8. The Morgan fingerprint density at radius 1 is 1.28 bits per heavy atom. The van der Waals surface area contributed by atoms with Gasteiger partial charge in [-0.05, 0) is 31.2 Å². The molecule has 1 aromatic carbocycles. The fourth-order valence-electron chi connectivity index (χ4n) is 4.60. The number of ether oxygens (including phenoxy) is 1. The maximum absolute atomic E-state index is 12.8. The van der Waals surface area contributed by atoms with E-state index in [0.29, 0.717) is 5.57 Å². The van der Waals surface area contributed by atoms with Crippen LogP contribution in [0.5, 0.6) is 0 Å². The molecule has 0 saturated heterocycles. The van der Waals surface area contributed by atoms with E-state index in [9.17, 15) is 4.79 Å². The van der Waals surface area contributed by atoms with Crippen LogP contribution in [-0.2, 0) is 16.1 Å². The molecule has 2 N–H and O–H groups in total. The lowest BCUT2D eigenvalue weighted by molar-refractivity contribution is -0.142. The van der Waals surface area contributed by atoms with E-state index >= 15 is 0 Å². The molecule has 0 radical (unpaired) electrons. The first-order valence-corrected chi connectivity index (χ1v) is 10.5. The first kappa shape index (κ1) is 19.6. The van der Waals surface area contributed by atoms with E-state index in [1.165, 1.54) is 11.1 Å². The van der Waals surface area contributed by atoms with Gasteiger partial charge in [0.2, 0.25) is 0 Å². The topological polar surface area (TPSA) is 53.6 Å². The van der Waals surface area contributed by atoms with Gasteiger partial charge in [-0.2, -0.15) is 0 Å². The van der Waals surface area contributed by atoms with Crippen LogP contribution in [0.2, 0.25) is 0 Å². The molecular weight excluding hydrogens is 362 g/mol. The number of carbonyl (C=O) groups is 1. The second-order valence-corrected chi connectivity index (χ2v) is 9.10. The molecule has 3 heterocycles. The molecule has 0 fully saturated rings. The SMILES string of the molecule is CC(C)OC(=O)C1=CNCC(C)(C)C2=C1NC1CN(Cc3ccccc3)C=CC21. The molecule has 4 rings (SSSR count). The van der Waals surface area contributed by atoms with E-state index in [1.54, 1.807) is 0 Å². The number of hydrogen-bond donors (Lipinski definition) is 2. The van der Waals surface area contributed by atoms with Crippen LogP contribution in [0.4, 0.5) is 0 Å². The monoisotopic (exact) mass is 393 g/mol. The van der Waals surface area contributed by atoms with E-state index in [4.69, 9.17) is 4.74 Å². The van der Waals surface area contributed by atoms with Crippen LogP contribution < -0.4 is 10.6 Å². The molecule has 2 atom stereocenters. The van der Waals surface area contributed by atoms with Gasteiger partial charge in [0, 0.05) is 37.2 Å². The molecule has 3 aliphatic rings. The molecule has 0 aromatic heterocycles. The highest BCUT2D eigenvalue weighted by Crippen LogP contribution is 2.44. The van der Waals surface area contributed by atoms with Crippen LogP contribution in [0, 0.1) is 11.3 Å². The largest absolute Gasteiger partial charge is 0.459 e. The van der Waals surface area contributed by atoms with Gasteiger partial charge in [0.25, 0.3) is 0 Å². The minimum atomic E-state index is -0.269. The third kappa shape index (κ3) is 3.91. The Labute approximate surface area is 173 Å². The van der Waals surface area contributed by atoms with Crippen molar-refractivity contribution in [2.45, 2.75) is 46.4 Å². The normalized spacial score (nSPS) is 24.9. The van der Waals surface area contributed by atoms with E-state index < -0.39 is 0 Å². The standard InChI is InChI=1S/C24H31N3O2/c1-16(2)29-23(28)19-12-25-15-24(3,4)21-18-10-11-27(14-20(18)26-22(19)21)13-17-8-6-5-7-9-17/h5-12,16,18,20,25-26H,13-15H2,1-4H3. The molecule has 0 bridgehead atoms. The molecule has 154 valence electrons. The van der Waals surface area contributed by atoms with E-state index in [-0.39, 0.29) is 29.4 Å². The van der Waals surface area contributed by atoms with Gasteiger partial charge < -0.3 is 20.3 Å². The van der Waals surface area contributed by atoms with Crippen molar-refractivity contribution in [3.05, 3.63) is 71.2 Å². The van der Waals surface area contributed by atoms with Gasteiger partial charge in [0.15, 0.2) is 0 Å². The summed E-state index contributed by atoms with van der Waals surface area (Å²) in [7, 11) is 0. The molecule has 0 saturated carbocycles. The zero-order chi connectivity index (χ0) is 20.6. The highest BCUT2D eigenvalue weighted by molar-refractivity contribution is 5.94. The van der Waals surface area contributed by atoms with Gasteiger partial charge >= 0.3 is 5.97 Å². The van der Waals surface area contributed by atoms with Crippen LogP contribution in [0.3, 0.4) is 0 Å². The van der Waals surface area contributed by atoms with Gasteiger partial charge in [0.1, 0.15) is 0 Å². The van der Waals surface area contributed by atoms with Gasteiger partial charge in [-0.25, -0.2) is 4.79 Å². The Morgan fingerprint density at radius 3 is 2.76 bits per heavy atom. The summed E-state index contributed by atoms with van der Waals surface area (Å²) < 4.78 is 5.53. The predicted octanol–water partition coefficient (Wildman–Crippen LogP) is 3.32. The summed E-state index contributed by atoms with van der Waals surface area (Å²) in [4.78, 5) is 15.1. The summed E-state index contributed by atoms with van der Waals surface area (Å²) in [6.07, 6.45) is 6.19. The lowest BCUT2D eigenvalue weighted by Gasteiger charge is -2.36. The van der Waals surface area contributed by atoms with Gasteiger partial charge in [-0.3, -0.25) is 0 Å². The van der Waals surface area contributed by atoms with Crippen LogP contribution in [0.15, 0.2) is 65.7 Å². The number of hydrogen-bond acceptors (Lipinski definition) is 5. The smallest absolute Gasteiger partial charge is 0.341 e. The average molecular weight is 394 g/mol. The van der Waals surface area contributed by atoms with Crippen molar-refractivity contribution in [2.75, 3.05) is 13.1 Å². The molecule has 5 heteroatoms. The number of esters is 1. The van der Waals surface area contributed by atoms with Crippen molar-refractivity contribution in [2.24, 2.45) is 11.3 Å². The second kappa shape index (κ2) is 7.62. The third-order valence-corrected chi connectivity index (χ3v) is 5.88. The maximum atomic E-state index is 12.8. The zero-order valence-corrected chi connectivity index (χ0v) is 17.7. The Hall–Kier alpha value is -2.69. The minimum absolute atomic E-state index is 0.0654. The maximum Gasteiger partial charge on any atom is 0.341 e. The summed E-state index contributed by atoms with van der Waals surface area (Å²) in [6, 6.07) is 10.8. The number of nitrogens with zero attached hydrogens (tertiary/aromatic N) is 1. The second-order valence-electron chi connectivity index (χ2n) is 9.10. The van der Waals surface area contributed by atoms with Crippen molar-refractivity contribution in [1.82, 2.24) is 15.5 Å². The summed E-state index contributed by atoms with van der Waals surface area (Å²) in [5, 5.41) is 7.02. The van der Waals surface area contributed by atoms with Crippen molar-refractivity contribution in [3.63, 3.8) is 0 Å². The molecule has 1 aromatic rings. The van der Waals surface area contributed by atoms with Crippen molar-refractivity contribution in [1.29, 1.82) is 0 Å². The Kier molecular flexibility index (Phi) is 5.15. The van der Waals surface area contributed by atoms with E-state index in [0.717, 1.165) is 25.3 Å². The Morgan fingerprint density at radius 2 is 2.03 bits per heavy atom. The van der Waals surface area contributed by atoms with Crippen LogP contribution in [0.1, 0.15) is 33.3 Å². The highest BCUT2D eigenvalue weighted by Gasteiger charge is 2.45. The Balaban J connectivity index is 1.60. The highest BCUT2D eigenvalue weighted by atomic mass is 16.5. The lowest BCUT2D eigenvalue weighted by atomic mass is 9.74. The molecular formula is C24H31N3O2. The Bertz CT molecular complexity index is 867. The fraction of sp³-hybridized carbons (Fsp3) is 0.458. The summed E-state index contributed by atoms with van der Waals surface area (Å²) >= 11 is 0. The summed E-state index contributed by atoms with van der Waals surface area (Å²) in [5.41, 5.74) is 4.09. The van der Waals surface area contributed by atoms with Gasteiger partial charge in [-0.15, -0.1) is 0 Å². The minimum Gasteiger partial charge on any atom is -0.459 e. The first-order valence-electron chi connectivity index (χ1n) is 10.5. The van der Waals surface area contributed by atoms with Crippen molar-refractivity contribution >= 4 is 5.97 Å². The number of carbonyl (C=O) groups excluding carboxylic acids is 1. The average Bonchev–Trinajstić information content (AvgIpc) is 2.98.